The molecule has 22 heavy (non-hydrogen) atoms. The molecule has 0 aliphatic heterocycles. The number of carbonyl (C=O) groups excluding carboxylic acids is 1. The van der Waals surface area contributed by atoms with Gasteiger partial charge in [0.1, 0.15) is 11.5 Å². The predicted molar refractivity (Wildman–Crippen MR) is 89.6 cm³/mol. The van der Waals surface area contributed by atoms with Crippen molar-refractivity contribution in [2.75, 3.05) is 5.32 Å². The monoisotopic (exact) mass is 309 g/mol. The van der Waals surface area contributed by atoms with Crippen LogP contribution in [0.5, 0.6) is 11.5 Å². The van der Waals surface area contributed by atoms with Crippen molar-refractivity contribution in [2.24, 2.45) is 0 Å². The molecule has 3 rings (SSSR count). The van der Waals surface area contributed by atoms with Gasteiger partial charge in [0.05, 0.1) is 6.42 Å². The quantitative estimate of drug-likeness (QED) is 0.740. The fraction of sp³-hybridized carbons (Fsp3) is 0.0556. The third kappa shape index (κ3) is 3.96. The van der Waals surface area contributed by atoms with Crippen molar-refractivity contribution in [1.29, 1.82) is 0 Å². The van der Waals surface area contributed by atoms with Crippen LogP contribution >= 0.6 is 11.3 Å². The van der Waals surface area contributed by atoms with Gasteiger partial charge < -0.3 is 10.1 Å². The van der Waals surface area contributed by atoms with Crippen LogP contribution in [0.4, 0.5) is 5.69 Å². The number of anilines is 1. The Hall–Kier alpha value is -2.59. The van der Waals surface area contributed by atoms with Crippen molar-refractivity contribution in [2.45, 2.75) is 6.42 Å². The molecule has 3 aromatic rings. The Bertz CT molecular complexity index is 722. The van der Waals surface area contributed by atoms with Crippen LogP contribution in [0.3, 0.4) is 0 Å². The number of para-hydroxylation sites is 1. The van der Waals surface area contributed by atoms with Gasteiger partial charge in [0.2, 0.25) is 5.91 Å². The van der Waals surface area contributed by atoms with E-state index in [1.54, 1.807) is 11.3 Å². The molecule has 0 saturated heterocycles. The van der Waals surface area contributed by atoms with E-state index in [2.05, 4.69) is 5.32 Å². The first-order valence-electron chi connectivity index (χ1n) is 6.93. The van der Waals surface area contributed by atoms with Crippen LogP contribution in [0.15, 0.2) is 71.4 Å². The number of ether oxygens (including phenoxy) is 1. The van der Waals surface area contributed by atoms with Gasteiger partial charge in [-0.15, -0.1) is 0 Å². The smallest absolute Gasteiger partial charge is 0.228 e. The van der Waals surface area contributed by atoms with E-state index in [9.17, 15) is 4.79 Å². The Morgan fingerprint density at radius 3 is 2.36 bits per heavy atom. The lowest BCUT2D eigenvalue weighted by atomic mass is 10.2. The Morgan fingerprint density at radius 2 is 1.68 bits per heavy atom. The molecule has 2 aromatic carbocycles. The Labute approximate surface area is 133 Å². The van der Waals surface area contributed by atoms with Crippen LogP contribution in [-0.4, -0.2) is 5.91 Å². The van der Waals surface area contributed by atoms with Gasteiger partial charge in [-0.05, 0) is 58.8 Å². The molecule has 0 fully saturated rings. The molecule has 0 atom stereocenters. The molecule has 0 aliphatic carbocycles. The highest BCUT2D eigenvalue weighted by Crippen LogP contribution is 2.22. The number of hydrogen-bond donors (Lipinski definition) is 1. The summed E-state index contributed by atoms with van der Waals surface area (Å²) < 4.78 is 5.71. The second-order valence-corrected chi connectivity index (χ2v) is 5.58. The average molecular weight is 309 g/mol. The zero-order valence-corrected chi connectivity index (χ0v) is 12.7. The van der Waals surface area contributed by atoms with Gasteiger partial charge >= 0.3 is 0 Å². The predicted octanol–water partition coefficient (Wildman–Crippen LogP) is 4.72. The van der Waals surface area contributed by atoms with Gasteiger partial charge in [-0.1, -0.05) is 18.2 Å². The van der Waals surface area contributed by atoms with E-state index in [1.807, 2.05) is 71.4 Å². The number of thiophene rings is 1. The lowest BCUT2D eigenvalue weighted by molar-refractivity contribution is -0.115. The van der Waals surface area contributed by atoms with Crippen molar-refractivity contribution >= 4 is 22.9 Å². The maximum Gasteiger partial charge on any atom is 0.228 e. The number of hydrogen-bond acceptors (Lipinski definition) is 3. The van der Waals surface area contributed by atoms with Gasteiger partial charge in [-0.2, -0.15) is 11.3 Å². The molecule has 3 nitrogen and oxygen atoms in total. The third-order valence-electron chi connectivity index (χ3n) is 3.06. The van der Waals surface area contributed by atoms with Gasteiger partial charge in [0.25, 0.3) is 0 Å². The van der Waals surface area contributed by atoms with Gasteiger partial charge in [0, 0.05) is 5.69 Å². The molecule has 0 spiro atoms. The highest BCUT2D eigenvalue weighted by Gasteiger charge is 2.05. The van der Waals surface area contributed by atoms with Crippen LogP contribution in [0.2, 0.25) is 0 Å². The summed E-state index contributed by atoms with van der Waals surface area (Å²) in [5.74, 6) is 1.51. The Kier molecular flexibility index (Phi) is 4.51. The minimum Gasteiger partial charge on any atom is -0.457 e. The van der Waals surface area contributed by atoms with E-state index >= 15 is 0 Å². The van der Waals surface area contributed by atoms with Crippen LogP contribution in [0.25, 0.3) is 0 Å². The minimum atomic E-state index is -0.0184. The first-order valence-corrected chi connectivity index (χ1v) is 7.88. The maximum atomic E-state index is 11.9. The van der Waals surface area contributed by atoms with Crippen LogP contribution in [-0.2, 0) is 11.2 Å². The van der Waals surface area contributed by atoms with Gasteiger partial charge in [-0.3, -0.25) is 4.79 Å². The molecule has 1 aromatic heterocycles. The molecule has 4 heteroatoms. The molecule has 1 amide bonds. The zero-order valence-electron chi connectivity index (χ0n) is 11.9. The van der Waals surface area contributed by atoms with Crippen LogP contribution in [0.1, 0.15) is 5.56 Å². The van der Waals surface area contributed by atoms with Crippen molar-refractivity contribution in [3.8, 4) is 11.5 Å². The number of nitrogens with one attached hydrogen (secondary N) is 1. The average Bonchev–Trinajstić information content (AvgIpc) is 3.03. The fourth-order valence-electron chi connectivity index (χ4n) is 2.01. The molecule has 1 N–H and O–H groups in total. The normalized spacial score (nSPS) is 10.2. The van der Waals surface area contributed by atoms with Gasteiger partial charge in [0.15, 0.2) is 0 Å². The van der Waals surface area contributed by atoms with E-state index in [-0.39, 0.29) is 5.91 Å². The second kappa shape index (κ2) is 6.91. The molecular weight excluding hydrogens is 294 g/mol. The third-order valence-corrected chi connectivity index (χ3v) is 3.79. The molecule has 0 unspecified atom stereocenters. The summed E-state index contributed by atoms with van der Waals surface area (Å²) in [6, 6.07) is 18.9. The first kappa shape index (κ1) is 14.4. The fourth-order valence-corrected chi connectivity index (χ4v) is 2.68. The van der Waals surface area contributed by atoms with E-state index < -0.39 is 0 Å². The number of benzene rings is 2. The Morgan fingerprint density at radius 1 is 0.955 bits per heavy atom. The summed E-state index contributed by atoms with van der Waals surface area (Å²) in [6.45, 7) is 0. The van der Waals surface area contributed by atoms with Crippen molar-refractivity contribution in [1.82, 2.24) is 0 Å². The first-order chi connectivity index (χ1) is 10.8. The van der Waals surface area contributed by atoms with E-state index in [1.165, 1.54) is 0 Å². The van der Waals surface area contributed by atoms with Crippen LogP contribution in [0, 0.1) is 0 Å². The summed E-state index contributed by atoms with van der Waals surface area (Å²) in [6.07, 6.45) is 0.395. The van der Waals surface area contributed by atoms with E-state index in [0.29, 0.717) is 6.42 Å². The van der Waals surface area contributed by atoms with Crippen molar-refractivity contribution < 1.29 is 9.53 Å². The summed E-state index contributed by atoms with van der Waals surface area (Å²) >= 11 is 1.59. The summed E-state index contributed by atoms with van der Waals surface area (Å²) in [7, 11) is 0. The second-order valence-electron chi connectivity index (χ2n) is 4.80. The maximum absolute atomic E-state index is 11.9. The van der Waals surface area contributed by atoms with E-state index in [4.69, 9.17) is 4.74 Å². The molecular formula is C18H15NO2S. The molecule has 0 saturated carbocycles. The largest absolute Gasteiger partial charge is 0.457 e. The Balaban J connectivity index is 1.58. The molecule has 0 aliphatic rings. The summed E-state index contributed by atoms with van der Waals surface area (Å²) in [5.41, 5.74) is 1.80. The highest BCUT2D eigenvalue weighted by molar-refractivity contribution is 7.08. The lowest BCUT2D eigenvalue weighted by Gasteiger charge is -2.08. The summed E-state index contributed by atoms with van der Waals surface area (Å²) in [4.78, 5) is 11.9. The van der Waals surface area contributed by atoms with E-state index in [0.717, 1.165) is 22.7 Å². The number of rotatable bonds is 5. The molecule has 1 heterocycles. The molecule has 110 valence electrons. The van der Waals surface area contributed by atoms with Crippen molar-refractivity contribution in [3.05, 3.63) is 77.0 Å². The van der Waals surface area contributed by atoms with Gasteiger partial charge in [-0.25, -0.2) is 0 Å². The number of carbonyl (C=O) groups is 1. The zero-order chi connectivity index (χ0) is 15.2. The SMILES string of the molecule is O=C(Cc1ccsc1)Nc1ccc(Oc2ccccc2)cc1. The minimum absolute atomic E-state index is 0.0184. The molecule has 0 bridgehead atoms. The van der Waals surface area contributed by atoms with Crippen molar-refractivity contribution in [3.63, 3.8) is 0 Å². The van der Waals surface area contributed by atoms with Crippen LogP contribution < -0.4 is 10.1 Å². The standard InChI is InChI=1S/C18H15NO2S/c20-18(12-14-10-11-22-13-14)19-15-6-8-17(9-7-15)21-16-4-2-1-3-5-16/h1-11,13H,12H2,(H,19,20). The summed E-state index contributed by atoms with van der Waals surface area (Å²) in [5, 5.41) is 6.83. The topological polar surface area (TPSA) is 38.3 Å². The molecule has 0 radical (unpaired) electrons. The highest BCUT2D eigenvalue weighted by atomic mass is 32.1. The lowest BCUT2D eigenvalue weighted by Crippen LogP contribution is -2.13. The number of amides is 1.